The third-order valence-electron chi connectivity index (χ3n) is 4.48. The van der Waals surface area contributed by atoms with E-state index in [1.54, 1.807) is 11.6 Å². The van der Waals surface area contributed by atoms with Gasteiger partial charge in [0.25, 0.3) is 5.91 Å². The van der Waals surface area contributed by atoms with Crippen molar-refractivity contribution in [3.63, 3.8) is 0 Å². The number of carbonyl (C=O) groups excluding carboxylic acids is 1. The molecule has 24 heavy (non-hydrogen) atoms. The van der Waals surface area contributed by atoms with E-state index in [1.807, 2.05) is 35.2 Å². The molecule has 2 aromatic rings. The molecule has 1 unspecified atom stereocenters. The lowest BCUT2D eigenvalue weighted by Gasteiger charge is -2.25. The molecule has 1 N–H and O–H groups in total. The van der Waals surface area contributed by atoms with E-state index < -0.39 is 10.0 Å². The van der Waals surface area contributed by atoms with Crippen LogP contribution in [-0.4, -0.2) is 37.4 Å². The van der Waals surface area contributed by atoms with Crippen molar-refractivity contribution in [3.05, 3.63) is 53.9 Å². The van der Waals surface area contributed by atoms with Gasteiger partial charge < -0.3 is 9.47 Å². The van der Waals surface area contributed by atoms with Crippen molar-refractivity contribution in [2.24, 2.45) is 7.05 Å². The van der Waals surface area contributed by atoms with E-state index in [4.69, 9.17) is 0 Å². The summed E-state index contributed by atoms with van der Waals surface area (Å²) >= 11 is 0. The fourth-order valence-corrected chi connectivity index (χ4v) is 3.99. The maximum Gasteiger partial charge on any atom is 0.271 e. The Morgan fingerprint density at radius 1 is 1.25 bits per heavy atom. The molecule has 1 amide bonds. The van der Waals surface area contributed by atoms with E-state index in [1.165, 1.54) is 19.3 Å². The molecule has 1 aromatic carbocycles. The summed E-state index contributed by atoms with van der Waals surface area (Å²) in [5.74, 6) is -0.138. The Morgan fingerprint density at radius 2 is 1.96 bits per heavy atom. The molecule has 1 saturated heterocycles. The minimum atomic E-state index is -3.56. The summed E-state index contributed by atoms with van der Waals surface area (Å²) in [4.78, 5) is 14.9. The van der Waals surface area contributed by atoms with E-state index in [2.05, 4.69) is 4.72 Å². The lowest BCUT2D eigenvalue weighted by Crippen LogP contribution is -2.31. The van der Waals surface area contributed by atoms with Crippen LogP contribution in [0.1, 0.15) is 34.9 Å². The molecular weight excluding hydrogens is 326 g/mol. The number of likely N-dealkylation sites (tertiary alicyclic amines) is 1. The highest BCUT2D eigenvalue weighted by molar-refractivity contribution is 7.89. The molecule has 1 aromatic heterocycles. The lowest BCUT2D eigenvalue weighted by molar-refractivity contribution is 0.0726. The van der Waals surface area contributed by atoms with Crippen LogP contribution >= 0.6 is 0 Å². The van der Waals surface area contributed by atoms with E-state index in [0.29, 0.717) is 12.2 Å². The number of carbonyl (C=O) groups is 1. The first-order valence-electron chi connectivity index (χ1n) is 7.90. The van der Waals surface area contributed by atoms with Crippen molar-refractivity contribution in [2.45, 2.75) is 23.8 Å². The topological polar surface area (TPSA) is 71.4 Å². The fourth-order valence-electron chi connectivity index (χ4n) is 3.19. The number of rotatable bonds is 4. The van der Waals surface area contributed by atoms with Gasteiger partial charge in [-0.15, -0.1) is 0 Å². The fraction of sp³-hybridized carbons (Fsp3) is 0.353. The van der Waals surface area contributed by atoms with Crippen LogP contribution in [0.4, 0.5) is 0 Å². The van der Waals surface area contributed by atoms with Gasteiger partial charge in [0, 0.05) is 19.8 Å². The normalized spacial score (nSPS) is 18.1. The second kappa shape index (κ2) is 6.41. The van der Waals surface area contributed by atoms with Crippen molar-refractivity contribution in [2.75, 3.05) is 13.6 Å². The first-order valence-corrected chi connectivity index (χ1v) is 9.38. The number of hydrogen-bond acceptors (Lipinski definition) is 3. The minimum Gasteiger partial charge on any atom is -0.345 e. The van der Waals surface area contributed by atoms with Gasteiger partial charge in [-0.2, -0.15) is 0 Å². The highest BCUT2D eigenvalue weighted by Gasteiger charge is 2.32. The summed E-state index contributed by atoms with van der Waals surface area (Å²) in [5.41, 5.74) is 1.49. The van der Waals surface area contributed by atoms with Gasteiger partial charge in [-0.05, 0) is 31.5 Å². The number of nitrogens with zero attached hydrogens (tertiary/aromatic N) is 2. The highest BCUT2D eigenvalue weighted by Crippen LogP contribution is 2.33. The Bertz CT molecular complexity index is 843. The molecule has 1 atom stereocenters. The van der Waals surface area contributed by atoms with E-state index in [0.717, 1.165) is 18.4 Å². The Kier molecular flexibility index (Phi) is 4.47. The van der Waals surface area contributed by atoms with Crippen molar-refractivity contribution in [3.8, 4) is 0 Å². The van der Waals surface area contributed by atoms with Gasteiger partial charge in [-0.3, -0.25) is 4.79 Å². The number of nitrogens with one attached hydrogen (secondary N) is 1. The Labute approximate surface area is 142 Å². The monoisotopic (exact) mass is 347 g/mol. The summed E-state index contributed by atoms with van der Waals surface area (Å²) in [7, 11) is -0.517. The van der Waals surface area contributed by atoms with Crippen molar-refractivity contribution in [1.29, 1.82) is 0 Å². The SMILES string of the molecule is CNS(=O)(=O)c1cc(C(=O)N2CCCC2c2ccccc2)n(C)c1. The van der Waals surface area contributed by atoms with Crippen molar-refractivity contribution >= 4 is 15.9 Å². The average molecular weight is 347 g/mol. The second-order valence-corrected chi connectivity index (χ2v) is 7.83. The molecule has 3 rings (SSSR count). The third kappa shape index (κ3) is 2.97. The minimum absolute atomic E-state index is 0.0398. The van der Waals surface area contributed by atoms with Gasteiger partial charge in [0.05, 0.1) is 6.04 Å². The smallest absolute Gasteiger partial charge is 0.271 e. The van der Waals surface area contributed by atoms with Crippen LogP contribution in [0.2, 0.25) is 0 Å². The lowest BCUT2D eigenvalue weighted by atomic mass is 10.0. The molecule has 1 fully saturated rings. The predicted molar refractivity (Wildman–Crippen MR) is 91.1 cm³/mol. The quantitative estimate of drug-likeness (QED) is 0.918. The number of benzene rings is 1. The van der Waals surface area contributed by atoms with Gasteiger partial charge in [0.1, 0.15) is 10.6 Å². The molecule has 1 aliphatic heterocycles. The van der Waals surface area contributed by atoms with E-state index >= 15 is 0 Å². The first kappa shape index (κ1) is 16.7. The Balaban J connectivity index is 1.92. The van der Waals surface area contributed by atoms with Crippen LogP contribution in [0.5, 0.6) is 0 Å². The van der Waals surface area contributed by atoms with Crippen molar-refractivity contribution in [1.82, 2.24) is 14.2 Å². The van der Waals surface area contributed by atoms with Gasteiger partial charge in [0.2, 0.25) is 10.0 Å². The van der Waals surface area contributed by atoms with Gasteiger partial charge >= 0.3 is 0 Å². The number of hydrogen-bond donors (Lipinski definition) is 1. The van der Waals surface area contributed by atoms with Crippen LogP contribution < -0.4 is 4.72 Å². The van der Waals surface area contributed by atoms with Crippen LogP contribution in [0, 0.1) is 0 Å². The molecule has 0 spiro atoms. The highest BCUT2D eigenvalue weighted by atomic mass is 32.2. The molecule has 128 valence electrons. The van der Waals surface area contributed by atoms with Gasteiger partial charge in [-0.25, -0.2) is 13.1 Å². The maximum absolute atomic E-state index is 13.0. The largest absolute Gasteiger partial charge is 0.345 e. The van der Waals surface area contributed by atoms with Crippen LogP contribution in [-0.2, 0) is 17.1 Å². The molecular formula is C17H21N3O3S. The molecule has 1 aliphatic rings. The van der Waals surface area contributed by atoms with Crippen LogP contribution in [0.15, 0.2) is 47.5 Å². The molecule has 7 heteroatoms. The van der Waals surface area contributed by atoms with Gasteiger partial charge in [-0.1, -0.05) is 30.3 Å². The summed E-state index contributed by atoms with van der Waals surface area (Å²) in [6.45, 7) is 0.678. The average Bonchev–Trinajstić information content (AvgIpc) is 3.22. The second-order valence-electron chi connectivity index (χ2n) is 5.95. The Hall–Kier alpha value is -2.12. The van der Waals surface area contributed by atoms with Crippen molar-refractivity contribution < 1.29 is 13.2 Å². The van der Waals surface area contributed by atoms with E-state index in [9.17, 15) is 13.2 Å². The molecule has 2 heterocycles. The number of aromatic nitrogens is 1. The molecule has 0 bridgehead atoms. The van der Waals surface area contributed by atoms with E-state index in [-0.39, 0.29) is 16.8 Å². The number of sulfonamides is 1. The predicted octanol–water partition coefficient (Wildman–Crippen LogP) is 1.91. The first-order chi connectivity index (χ1) is 11.4. The summed E-state index contributed by atoms with van der Waals surface area (Å²) < 4.78 is 27.7. The summed E-state index contributed by atoms with van der Waals surface area (Å²) in [6.07, 6.45) is 3.33. The standard InChI is InChI=1S/C17H21N3O3S/c1-18-24(22,23)14-11-16(19(2)12-14)17(21)20-10-6-9-15(20)13-7-4-3-5-8-13/h3-5,7-8,11-12,15,18H,6,9-10H2,1-2H3. The number of amides is 1. The van der Waals surface area contributed by atoms with Crippen LogP contribution in [0.3, 0.4) is 0 Å². The summed E-state index contributed by atoms with van der Waals surface area (Å²) in [5, 5.41) is 0. The Morgan fingerprint density at radius 3 is 2.62 bits per heavy atom. The van der Waals surface area contributed by atoms with Crippen LogP contribution in [0.25, 0.3) is 0 Å². The molecule has 0 aliphatic carbocycles. The zero-order chi connectivity index (χ0) is 17.3. The number of aryl methyl sites for hydroxylation is 1. The zero-order valence-electron chi connectivity index (χ0n) is 13.8. The molecule has 0 radical (unpaired) electrons. The molecule has 0 saturated carbocycles. The van der Waals surface area contributed by atoms with Gasteiger partial charge in [0.15, 0.2) is 0 Å². The maximum atomic E-state index is 13.0. The summed E-state index contributed by atoms with van der Waals surface area (Å²) in [6, 6.07) is 11.4. The third-order valence-corrected chi connectivity index (χ3v) is 5.86. The molecule has 6 nitrogen and oxygen atoms in total. The zero-order valence-corrected chi connectivity index (χ0v) is 14.6.